The summed E-state index contributed by atoms with van der Waals surface area (Å²) in [5, 5.41) is 6.92. The van der Waals surface area contributed by atoms with Gasteiger partial charge in [0.1, 0.15) is 0 Å². The van der Waals surface area contributed by atoms with Crippen LogP contribution in [0.4, 0.5) is 0 Å². The molecule has 0 heterocycles. The van der Waals surface area contributed by atoms with Gasteiger partial charge in [-0.3, -0.25) is 9.59 Å². The van der Waals surface area contributed by atoms with Gasteiger partial charge in [-0.05, 0) is 55.3 Å². The van der Waals surface area contributed by atoms with Crippen molar-refractivity contribution in [1.29, 1.82) is 0 Å². The molecule has 7 nitrogen and oxygen atoms in total. The third-order valence-corrected chi connectivity index (χ3v) is 3.77. The van der Waals surface area contributed by atoms with E-state index in [0.717, 1.165) is 5.56 Å². The smallest absolute Gasteiger partial charge is 0.329 e. The van der Waals surface area contributed by atoms with Crippen molar-refractivity contribution in [2.45, 2.75) is 20.4 Å². The summed E-state index contributed by atoms with van der Waals surface area (Å²) in [5.41, 5.74) is 3.71. The molecule has 8 heteroatoms. The van der Waals surface area contributed by atoms with Crippen molar-refractivity contribution in [3.8, 4) is 11.5 Å². The second-order valence-electron chi connectivity index (χ2n) is 5.58. The largest absolute Gasteiger partial charge is 0.490 e. The first-order chi connectivity index (χ1) is 13.5. The number of benzene rings is 2. The van der Waals surface area contributed by atoms with E-state index < -0.39 is 11.8 Å². The molecule has 0 aliphatic rings. The lowest BCUT2D eigenvalue weighted by Gasteiger charge is -2.11. The van der Waals surface area contributed by atoms with Crippen molar-refractivity contribution in [1.82, 2.24) is 10.7 Å². The predicted molar refractivity (Wildman–Crippen MR) is 108 cm³/mol. The summed E-state index contributed by atoms with van der Waals surface area (Å²) in [5.74, 6) is -0.428. The summed E-state index contributed by atoms with van der Waals surface area (Å²) in [6.07, 6.45) is 1.42. The molecule has 2 N–H and O–H groups in total. The summed E-state index contributed by atoms with van der Waals surface area (Å²) >= 11 is 5.80. The van der Waals surface area contributed by atoms with Crippen molar-refractivity contribution in [3.05, 3.63) is 58.6 Å². The van der Waals surface area contributed by atoms with Gasteiger partial charge in [-0.25, -0.2) is 5.43 Å². The van der Waals surface area contributed by atoms with Gasteiger partial charge in [0.2, 0.25) is 0 Å². The number of hydrogen-bond acceptors (Lipinski definition) is 5. The van der Waals surface area contributed by atoms with Crippen molar-refractivity contribution in [3.63, 3.8) is 0 Å². The molecule has 0 saturated carbocycles. The van der Waals surface area contributed by atoms with Gasteiger partial charge in [-0.15, -0.1) is 0 Å². The molecule has 0 bridgehead atoms. The van der Waals surface area contributed by atoms with E-state index in [-0.39, 0.29) is 6.54 Å². The van der Waals surface area contributed by atoms with E-state index in [1.807, 2.05) is 13.8 Å². The first-order valence-corrected chi connectivity index (χ1v) is 9.16. The minimum Gasteiger partial charge on any atom is -0.490 e. The van der Waals surface area contributed by atoms with Crippen LogP contribution >= 0.6 is 11.6 Å². The van der Waals surface area contributed by atoms with Gasteiger partial charge in [-0.1, -0.05) is 23.7 Å². The van der Waals surface area contributed by atoms with Crippen molar-refractivity contribution in [2.24, 2.45) is 5.10 Å². The Morgan fingerprint density at radius 1 is 1.00 bits per heavy atom. The van der Waals surface area contributed by atoms with E-state index in [4.69, 9.17) is 21.1 Å². The SMILES string of the molecule is CCOc1ccc(/C=N\NC(=O)C(=O)NCc2ccc(Cl)cc2)cc1OCC. The van der Waals surface area contributed by atoms with Crippen molar-refractivity contribution < 1.29 is 19.1 Å². The van der Waals surface area contributed by atoms with Crippen LogP contribution in [0.25, 0.3) is 0 Å². The number of ether oxygens (including phenoxy) is 2. The second kappa shape index (κ2) is 10.9. The summed E-state index contributed by atoms with van der Waals surface area (Å²) in [6, 6.07) is 12.2. The van der Waals surface area contributed by atoms with Crippen LogP contribution in [0.3, 0.4) is 0 Å². The number of hydrazone groups is 1. The normalized spacial score (nSPS) is 10.5. The van der Waals surface area contributed by atoms with Crippen LogP contribution in [0.1, 0.15) is 25.0 Å². The highest BCUT2D eigenvalue weighted by Crippen LogP contribution is 2.27. The highest BCUT2D eigenvalue weighted by Gasteiger charge is 2.12. The average Bonchev–Trinajstić information content (AvgIpc) is 2.69. The molecule has 2 aromatic rings. The molecule has 2 rings (SSSR count). The lowest BCUT2D eigenvalue weighted by molar-refractivity contribution is -0.139. The zero-order valence-corrected chi connectivity index (χ0v) is 16.5. The Bertz CT molecular complexity index is 838. The summed E-state index contributed by atoms with van der Waals surface area (Å²) in [6.45, 7) is 4.99. The van der Waals surface area contributed by atoms with Gasteiger partial charge in [0.05, 0.1) is 19.4 Å². The molecule has 0 fully saturated rings. The monoisotopic (exact) mass is 403 g/mol. The van der Waals surface area contributed by atoms with E-state index in [1.54, 1.807) is 42.5 Å². The summed E-state index contributed by atoms with van der Waals surface area (Å²) < 4.78 is 11.0. The molecular weight excluding hydrogens is 382 g/mol. The van der Waals surface area contributed by atoms with Gasteiger partial charge in [0, 0.05) is 11.6 Å². The quantitative estimate of drug-likeness (QED) is 0.403. The van der Waals surface area contributed by atoms with Crippen LogP contribution in [0.15, 0.2) is 47.6 Å². The van der Waals surface area contributed by atoms with Crippen LogP contribution in [-0.4, -0.2) is 31.2 Å². The second-order valence-corrected chi connectivity index (χ2v) is 6.02. The van der Waals surface area contributed by atoms with E-state index in [1.165, 1.54) is 6.21 Å². The molecule has 148 valence electrons. The van der Waals surface area contributed by atoms with Crippen LogP contribution in [-0.2, 0) is 16.1 Å². The third-order valence-electron chi connectivity index (χ3n) is 3.52. The Kier molecular flexibility index (Phi) is 8.30. The number of hydrogen-bond donors (Lipinski definition) is 2. The fourth-order valence-corrected chi connectivity index (χ4v) is 2.36. The Hall–Kier alpha value is -3.06. The van der Waals surface area contributed by atoms with Crippen LogP contribution in [0, 0.1) is 0 Å². The summed E-state index contributed by atoms with van der Waals surface area (Å²) in [4.78, 5) is 23.6. The minimum atomic E-state index is -0.860. The fraction of sp³-hybridized carbons (Fsp3) is 0.250. The minimum absolute atomic E-state index is 0.212. The van der Waals surface area contributed by atoms with Gasteiger partial charge < -0.3 is 14.8 Å². The third kappa shape index (κ3) is 6.59. The van der Waals surface area contributed by atoms with E-state index in [2.05, 4.69) is 15.8 Å². The zero-order valence-electron chi connectivity index (χ0n) is 15.7. The van der Waals surface area contributed by atoms with E-state index in [9.17, 15) is 9.59 Å². The molecule has 2 aromatic carbocycles. The van der Waals surface area contributed by atoms with Crippen molar-refractivity contribution >= 4 is 29.6 Å². The maximum atomic E-state index is 11.8. The molecule has 0 aliphatic carbocycles. The first kappa shape index (κ1) is 21.2. The number of halogens is 1. The molecule has 0 unspecified atom stereocenters. The topological polar surface area (TPSA) is 89.0 Å². The van der Waals surface area contributed by atoms with Crippen LogP contribution < -0.4 is 20.2 Å². The maximum Gasteiger partial charge on any atom is 0.329 e. The standard InChI is InChI=1S/C20H22ClN3O4/c1-3-27-17-10-7-15(11-18(17)28-4-2)13-23-24-20(26)19(25)22-12-14-5-8-16(21)9-6-14/h5-11,13H,3-4,12H2,1-2H3,(H,22,25)(H,24,26)/b23-13-. The first-order valence-electron chi connectivity index (χ1n) is 8.78. The number of nitrogens with zero attached hydrogens (tertiary/aromatic N) is 1. The average molecular weight is 404 g/mol. The fourth-order valence-electron chi connectivity index (χ4n) is 2.23. The van der Waals surface area contributed by atoms with E-state index in [0.29, 0.717) is 35.3 Å². The van der Waals surface area contributed by atoms with Gasteiger partial charge >= 0.3 is 11.8 Å². The van der Waals surface area contributed by atoms with Crippen LogP contribution in [0.2, 0.25) is 5.02 Å². The Labute approximate surface area is 168 Å². The highest BCUT2D eigenvalue weighted by molar-refractivity contribution is 6.35. The molecule has 2 amide bonds. The molecule has 0 aromatic heterocycles. The molecule has 0 atom stereocenters. The van der Waals surface area contributed by atoms with Crippen LogP contribution in [0.5, 0.6) is 11.5 Å². The number of carbonyl (C=O) groups is 2. The summed E-state index contributed by atoms with van der Waals surface area (Å²) in [7, 11) is 0. The Morgan fingerprint density at radius 2 is 1.68 bits per heavy atom. The lowest BCUT2D eigenvalue weighted by atomic mass is 10.2. The lowest BCUT2D eigenvalue weighted by Crippen LogP contribution is -2.37. The molecule has 0 radical (unpaired) electrons. The molecule has 0 spiro atoms. The van der Waals surface area contributed by atoms with Crippen molar-refractivity contribution in [2.75, 3.05) is 13.2 Å². The maximum absolute atomic E-state index is 11.8. The molecular formula is C20H22ClN3O4. The molecule has 0 saturated heterocycles. The molecule has 28 heavy (non-hydrogen) atoms. The highest BCUT2D eigenvalue weighted by atomic mass is 35.5. The number of rotatable bonds is 8. The zero-order chi connectivity index (χ0) is 20.4. The Morgan fingerprint density at radius 3 is 2.36 bits per heavy atom. The van der Waals surface area contributed by atoms with Gasteiger partial charge in [-0.2, -0.15) is 5.10 Å². The number of carbonyl (C=O) groups excluding carboxylic acids is 2. The molecule has 0 aliphatic heterocycles. The number of nitrogens with one attached hydrogen (secondary N) is 2. The predicted octanol–water partition coefficient (Wildman–Crippen LogP) is 2.90. The Balaban J connectivity index is 1.88. The number of amides is 2. The van der Waals surface area contributed by atoms with E-state index >= 15 is 0 Å². The van der Waals surface area contributed by atoms with Gasteiger partial charge in [0.15, 0.2) is 11.5 Å². The van der Waals surface area contributed by atoms with Gasteiger partial charge in [0.25, 0.3) is 0 Å².